The molecule has 1 aromatic rings. The first-order valence-electron chi connectivity index (χ1n) is 6.12. The monoisotopic (exact) mass is 321 g/mol. The Morgan fingerprint density at radius 1 is 1.42 bits per heavy atom. The van der Waals surface area contributed by atoms with Crippen LogP contribution in [0.2, 0.25) is 0 Å². The third-order valence-corrected chi connectivity index (χ3v) is 6.82. The van der Waals surface area contributed by atoms with Crippen LogP contribution >= 0.6 is 22.0 Å². The van der Waals surface area contributed by atoms with Crippen molar-refractivity contribution in [1.82, 2.24) is 4.90 Å². The minimum Gasteiger partial charge on any atom is -0.339 e. The molecule has 19 heavy (non-hydrogen) atoms. The number of thiophene rings is 1. The zero-order valence-electron chi connectivity index (χ0n) is 10.8. The highest BCUT2D eigenvalue weighted by molar-refractivity contribution is 8.15. The van der Waals surface area contributed by atoms with E-state index in [0.717, 1.165) is 37.3 Å². The van der Waals surface area contributed by atoms with Gasteiger partial charge in [-0.25, -0.2) is 8.42 Å². The van der Waals surface area contributed by atoms with Crippen molar-refractivity contribution in [2.75, 3.05) is 13.1 Å². The maximum atomic E-state index is 12.4. The largest absolute Gasteiger partial charge is 0.339 e. The van der Waals surface area contributed by atoms with Crippen molar-refractivity contribution < 1.29 is 13.2 Å². The van der Waals surface area contributed by atoms with Crippen LogP contribution in [0.3, 0.4) is 0 Å². The Morgan fingerprint density at radius 3 is 2.47 bits per heavy atom. The summed E-state index contributed by atoms with van der Waals surface area (Å²) in [6.45, 7) is 5.28. The molecular formula is C12H16ClNO3S2. The van der Waals surface area contributed by atoms with Gasteiger partial charge in [0.2, 0.25) is 0 Å². The second-order valence-electron chi connectivity index (χ2n) is 4.97. The summed E-state index contributed by atoms with van der Waals surface area (Å²) in [4.78, 5) is 14.2. The average Bonchev–Trinajstić information content (AvgIpc) is 2.71. The SMILES string of the molecule is Cc1c(C(=O)N2CCC(C)CC2)csc1S(=O)(=O)Cl. The van der Waals surface area contributed by atoms with Gasteiger partial charge in [0, 0.05) is 29.2 Å². The predicted molar refractivity (Wildman–Crippen MR) is 76.4 cm³/mol. The van der Waals surface area contributed by atoms with Crippen LogP contribution in [0.25, 0.3) is 0 Å². The van der Waals surface area contributed by atoms with Gasteiger partial charge in [0.1, 0.15) is 4.21 Å². The number of rotatable bonds is 2. The fraction of sp³-hybridized carbons (Fsp3) is 0.583. The minimum atomic E-state index is -3.77. The highest BCUT2D eigenvalue weighted by Gasteiger charge is 2.26. The van der Waals surface area contributed by atoms with Crippen LogP contribution in [-0.2, 0) is 9.05 Å². The van der Waals surface area contributed by atoms with Crippen LogP contribution in [0, 0.1) is 12.8 Å². The van der Waals surface area contributed by atoms with Crippen molar-refractivity contribution in [3.63, 3.8) is 0 Å². The van der Waals surface area contributed by atoms with Crippen molar-refractivity contribution in [1.29, 1.82) is 0 Å². The Balaban J connectivity index is 2.23. The summed E-state index contributed by atoms with van der Waals surface area (Å²) in [5, 5.41) is 1.59. The maximum absolute atomic E-state index is 12.4. The predicted octanol–water partition coefficient (Wildman–Crippen LogP) is 2.86. The zero-order valence-corrected chi connectivity index (χ0v) is 13.2. The first kappa shape index (κ1) is 14.8. The summed E-state index contributed by atoms with van der Waals surface area (Å²) < 4.78 is 22.8. The van der Waals surface area contributed by atoms with E-state index in [1.54, 1.807) is 17.2 Å². The number of likely N-dealkylation sites (tertiary alicyclic amines) is 1. The lowest BCUT2D eigenvalue weighted by Gasteiger charge is -2.30. The molecule has 1 aliphatic rings. The summed E-state index contributed by atoms with van der Waals surface area (Å²) in [6, 6.07) is 0. The quantitative estimate of drug-likeness (QED) is 0.787. The van der Waals surface area contributed by atoms with Gasteiger partial charge in [0.05, 0.1) is 5.56 Å². The zero-order chi connectivity index (χ0) is 14.2. The lowest BCUT2D eigenvalue weighted by atomic mass is 9.98. The van der Waals surface area contributed by atoms with Crippen molar-refractivity contribution in [2.45, 2.75) is 30.9 Å². The molecule has 1 amide bonds. The molecule has 2 heterocycles. The van der Waals surface area contributed by atoms with Gasteiger partial charge in [-0.1, -0.05) is 6.92 Å². The van der Waals surface area contributed by atoms with E-state index in [-0.39, 0.29) is 10.1 Å². The molecule has 0 spiro atoms. The number of hydrogen-bond acceptors (Lipinski definition) is 4. The lowest BCUT2D eigenvalue weighted by Crippen LogP contribution is -2.38. The average molecular weight is 322 g/mol. The Bertz CT molecular complexity index is 586. The Hall–Kier alpha value is -0.590. The highest BCUT2D eigenvalue weighted by Crippen LogP contribution is 2.30. The summed E-state index contributed by atoms with van der Waals surface area (Å²) in [5.74, 6) is 0.554. The second kappa shape index (κ2) is 5.42. The van der Waals surface area contributed by atoms with Crippen LogP contribution in [0.1, 0.15) is 35.7 Å². The highest BCUT2D eigenvalue weighted by atomic mass is 35.7. The first-order chi connectivity index (χ1) is 8.80. The molecule has 0 saturated carbocycles. The maximum Gasteiger partial charge on any atom is 0.271 e. The van der Waals surface area contributed by atoms with Crippen LogP contribution in [0.5, 0.6) is 0 Å². The molecule has 7 heteroatoms. The number of hydrogen-bond donors (Lipinski definition) is 0. The molecule has 0 radical (unpaired) electrons. The molecule has 0 aromatic carbocycles. The van der Waals surface area contributed by atoms with Crippen LogP contribution in [0.15, 0.2) is 9.59 Å². The van der Waals surface area contributed by atoms with E-state index >= 15 is 0 Å². The summed E-state index contributed by atoms with van der Waals surface area (Å²) in [5.41, 5.74) is 0.919. The van der Waals surface area contributed by atoms with E-state index < -0.39 is 9.05 Å². The van der Waals surface area contributed by atoms with Gasteiger partial charge in [0.15, 0.2) is 0 Å². The number of nitrogens with zero attached hydrogens (tertiary/aromatic N) is 1. The van der Waals surface area contributed by atoms with Crippen LogP contribution in [0.4, 0.5) is 0 Å². The molecule has 0 aliphatic carbocycles. The van der Waals surface area contributed by atoms with Gasteiger partial charge in [-0.2, -0.15) is 0 Å². The van der Waals surface area contributed by atoms with E-state index in [1.807, 2.05) is 0 Å². The van der Waals surface area contributed by atoms with Crippen molar-refractivity contribution in [3.05, 3.63) is 16.5 Å². The van der Waals surface area contributed by atoms with Crippen molar-refractivity contribution in [2.24, 2.45) is 5.92 Å². The van der Waals surface area contributed by atoms with Crippen molar-refractivity contribution >= 4 is 37.0 Å². The smallest absolute Gasteiger partial charge is 0.271 e. The fourth-order valence-corrected chi connectivity index (χ4v) is 4.78. The number of carbonyl (C=O) groups is 1. The van der Waals surface area contributed by atoms with Gasteiger partial charge < -0.3 is 4.90 Å². The molecule has 0 bridgehead atoms. The molecule has 0 atom stereocenters. The molecular weight excluding hydrogens is 306 g/mol. The van der Waals surface area contributed by atoms with Gasteiger partial charge in [-0.3, -0.25) is 4.79 Å². The van der Waals surface area contributed by atoms with Gasteiger partial charge >= 0.3 is 0 Å². The number of halogens is 1. The molecule has 1 aromatic heterocycles. The number of carbonyl (C=O) groups excluding carboxylic acids is 1. The van der Waals surface area contributed by atoms with E-state index in [1.165, 1.54) is 0 Å². The standard InChI is InChI=1S/C12H16ClNO3S2/c1-8-3-5-14(6-4-8)11(15)10-7-18-12(9(10)2)19(13,16)17/h7-8H,3-6H2,1-2H3. The Labute approximate surface area is 121 Å². The number of amides is 1. The second-order valence-corrected chi connectivity index (χ2v) is 8.62. The summed E-state index contributed by atoms with van der Waals surface area (Å²) in [6.07, 6.45) is 1.99. The van der Waals surface area contributed by atoms with Crippen LogP contribution < -0.4 is 0 Å². The third-order valence-electron chi connectivity index (χ3n) is 3.52. The van der Waals surface area contributed by atoms with Gasteiger partial charge in [-0.15, -0.1) is 11.3 Å². The topological polar surface area (TPSA) is 54.5 Å². The Morgan fingerprint density at radius 2 is 2.00 bits per heavy atom. The van der Waals surface area contributed by atoms with Crippen molar-refractivity contribution in [3.8, 4) is 0 Å². The number of piperidine rings is 1. The fourth-order valence-electron chi connectivity index (χ4n) is 2.23. The van der Waals surface area contributed by atoms with E-state index in [9.17, 15) is 13.2 Å². The van der Waals surface area contributed by atoms with E-state index in [0.29, 0.717) is 17.0 Å². The first-order valence-corrected chi connectivity index (χ1v) is 9.31. The van der Waals surface area contributed by atoms with Crippen LogP contribution in [-0.4, -0.2) is 32.3 Å². The summed E-state index contributed by atoms with van der Waals surface area (Å²) >= 11 is 1.01. The lowest BCUT2D eigenvalue weighted by molar-refractivity contribution is 0.0697. The Kier molecular flexibility index (Phi) is 4.23. The molecule has 0 unspecified atom stereocenters. The molecule has 1 fully saturated rings. The minimum absolute atomic E-state index is 0.0721. The van der Waals surface area contributed by atoms with Gasteiger partial charge in [0.25, 0.3) is 15.0 Å². The van der Waals surface area contributed by atoms with Gasteiger partial charge in [-0.05, 0) is 31.2 Å². The molecule has 1 saturated heterocycles. The van der Waals surface area contributed by atoms with E-state index in [2.05, 4.69) is 6.92 Å². The third kappa shape index (κ3) is 3.12. The normalized spacial score (nSPS) is 17.7. The van der Waals surface area contributed by atoms with E-state index in [4.69, 9.17) is 10.7 Å². The molecule has 0 N–H and O–H groups in total. The molecule has 2 rings (SSSR count). The summed E-state index contributed by atoms with van der Waals surface area (Å²) in [7, 11) is 1.58. The molecule has 4 nitrogen and oxygen atoms in total. The molecule has 106 valence electrons. The molecule has 1 aliphatic heterocycles.